The number of hydrogen-bond acceptors (Lipinski definition) is 4. The second kappa shape index (κ2) is 5.94. The first kappa shape index (κ1) is 16.5. The highest BCUT2D eigenvalue weighted by Crippen LogP contribution is 2.55. The third kappa shape index (κ3) is 2.50. The summed E-state index contributed by atoms with van der Waals surface area (Å²) in [5.74, 6) is 1.14. The number of anilines is 1. The van der Waals surface area contributed by atoms with Gasteiger partial charge in [0, 0.05) is 46.6 Å². The maximum Gasteiger partial charge on any atom is 0.206 e. The van der Waals surface area contributed by atoms with Crippen molar-refractivity contribution in [2.75, 3.05) is 44.3 Å². The van der Waals surface area contributed by atoms with Crippen LogP contribution in [-0.2, 0) is 4.74 Å². The van der Waals surface area contributed by atoms with Gasteiger partial charge in [0.1, 0.15) is 0 Å². The lowest BCUT2D eigenvalue weighted by Gasteiger charge is -2.54. The average molecular weight is 470 g/mol. The molecule has 0 radical (unpaired) electrons. The van der Waals surface area contributed by atoms with E-state index in [2.05, 4.69) is 59.6 Å². The summed E-state index contributed by atoms with van der Waals surface area (Å²) in [5.41, 5.74) is 4.03. The van der Waals surface area contributed by atoms with E-state index in [0.29, 0.717) is 11.5 Å². The Morgan fingerprint density at radius 2 is 1.96 bits per heavy atom. The normalized spacial score (nSPS) is 23.1. The van der Waals surface area contributed by atoms with Crippen LogP contribution in [0.25, 0.3) is 11.0 Å². The molecule has 1 aromatic heterocycles. The van der Waals surface area contributed by atoms with Gasteiger partial charge >= 0.3 is 0 Å². The maximum atomic E-state index is 5.48. The molecule has 5 rings (SSSR count). The summed E-state index contributed by atoms with van der Waals surface area (Å²) in [6.45, 7) is 8.12. The molecule has 134 valence electrons. The number of aromatic nitrogens is 2. The lowest BCUT2D eigenvalue weighted by atomic mass is 9.64. The summed E-state index contributed by atoms with van der Waals surface area (Å²) in [7, 11) is 0. The highest BCUT2D eigenvalue weighted by molar-refractivity contribution is 9.13. The molecule has 3 fully saturated rings. The van der Waals surface area contributed by atoms with Gasteiger partial charge < -0.3 is 19.5 Å². The van der Waals surface area contributed by atoms with Crippen LogP contribution in [0.2, 0.25) is 0 Å². The van der Waals surface area contributed by atoms with Crippen molar-refractivity contribution in [2.24, 2.45) is 5.41 Å². The zero-order chi connectivity index (χ0) is 17.2. The van der Waals surface area contributed by atoms with Crippen LogP contribution in [0.4, 0.5) is 5.95 Å². The van der Waals surface area contributed by atoms with Gasteiger partial charge in [0.15, 0.2) is 0 Å². The second-order valence-electron chi connectivity index (χ2n) is 7.74. The Kier molecular flexibility index (Phi) is 3.93. The highest BCUT2D eigenvalue weighted by atomic mass is 79.9. The second-order valence-corrected chi connectivity index (χ2v) is 9.39. The average Bonchev–Trinajstić information content (AvgIpc) is 2.91. The third-order valence-electron chi connectivity index (χ3n) is 6.01. The Bertz CT molecular complexity index is 831. The van der Waals surface area contributed by atoms with Crippen LogP contribution in [-0.4, -0.2) is 48.9 Å². The number of halogens is 2. The number of rotatable bonds is 2. The maximum absolute atomic E-state index is 5.48. The predicted octanol–water partition coefficient (Wildman–Crippen LogP) is 3.63. The molecule has 3 aliphatic rings. The molecule has 0 amide bonds. The van der Waals surface area contributed by atoms with Crippen molar-refractivity contribution < 1.29 is 4.74 Å². The fourth-order valence-corrected chi connectivity index (χ4v) is 5.33. The molecule has 2 aromatic rings. The first-order valence-electron chi connectivity index (χ1n) is 8.98. The van der Waals surface area contributed by atoms with Crippen LogP contribution in [0.5, 0.6) is 0 Å². The Labute approximate surface area is 164 Å². The summed E-state index contributed by atoms with van der Waals surface area (Å²) < 4.78 is 10.2. The van der Waals surface area contributed by atoms with E-state index in [4.69, 9.17) is 9.72 Å². The fourth-order valence-electron chi connectivity index (χ4n) is 4.51. The molecule has 1 spiro atoms. The van der Waals surface area contributed by atoms with Gasteiger partial charge in [-0.2, -0.15) is 0 Å². The van der Waals surface area contributed by atoms with Crippen LogP contribution >= 0.6 is 31.9 Å². The largest absolute Gasteiger partial charge is 0.380 e. The van der Waals surface area contributed by atoms with Gasteiger partial charge in [-0.15, -0.1) is 0 Å². The van der Waals surface area contributed by atoms with Crippen LogP contribution in [0.1, 0.15) is 24.4 Å². The topological polar surface area (TPSA) is 42.3 Å². The summed E-state index contributed by atoms with van der Waals surface area (Å²) in [6.07, 6.45) is 2.43. The third-order valence-corrected chi connectivity index (χ3v) is 8.19. The lowest BCUT2D eigenvalue weighted by Crippen LogP contribution is -2.53. The summed E-state index contributed by atoms with van der Waals surface area (Å²) in [5, 5.41) is 3.45. The summed E-state index contributed by atoms with van der Waals surface area (Å²) in [6, 6.07) is 2.76. The molecule has 2 saturated heterocycles. The number of piperazine rings is 1. The Balaban J connectivity index is 1.63. The van der Waals surface area contributed by atoms with Gasteiger partial charge in [0.2, 0.25) is 5.95 Å². The number of ether oxygens (including phenoxy) is 1. The Morgan fingerprint density at radius 3 is 2.60 bits per heavy atom. The Hall–Kier alpha value is -0.630. The summed E-state index contributed by atoms with van der Waals surface area (Å²) in [4.78, 5) is 7.56. The van der Waals surface area contributed by atoms with Crippen molar-refractivity contribution in [3.8, 4) is 0 Å². The molecular weight excluding hydrogens is 448 g/mol. The predicted molar refractivity (Wildman–Crippen MR) is 106 cm³/mol. The molecule has 3 heterocycles. The number of fused-ring (bicyclic) bond motifs is 1. The number of nitrogens with zero attached hydrogens (tertiary/aromatic N) is 3. The molecule has 1 N–H and O–H groups in total. The van der Waals surface area contributed by atoms with Crippen molar-refractivity contribution >= 4 is 48.8 Å². The number of nitrogens with one attached hydrogen (secondary N) is 1. The lowest BCUT2D eigenvalue weighted by molar-refractivity contribution is -0.173. The molecule has 25 heavy (non-hydrogen) atoms. The zero-order valence-corrected chi connectivity index (χ0v) is 17.5. The molecule has 0 unspecified atom stereocenters. The van der Waals surface area contributed by atoms with Crippen molar-refractivity contribution in [2.45, 2.75) is 25.8 Å². The number of aryl methyl sites for hydroxylation is 1. The molecule has 2 aliphatic heterocycles. The molecule has 0 atom stereocenters. The molecule has 1 saturated carbocycles. The zero-order valence-electron chi connectivity index (χ0n) is 14.3. The summed E-state index contributed by atoms with van der Waals surface area (Å²) >= 11 is 7.41. The fraction of sp³-hybridized carbons (Fsp3) is 0.611. The van der Waals surface area contributed by atoms with Gasteiger partial charge in [-0.05, 0) is 63.3 Å². The van der Waals surface area contributed by atoms with E-state index in [0.717, 1.165) is 59.8 Å². The number of imidazole rings is 1. The number of benzene rings is 1. The first-order valence-corrected chi connectivity index (χ1v) is 10.6. The molecular formula is C18H22Br2N4O. The van der Waals surface area contributed by atoms with Crippen molar-refractivity contribution in [3.63, 3.8) is 0 Å². The van der Waals surface area contributed by atoms with E-state index in [1.807, 2.05) is 0 Å². The van der Waals surface area contributed by atoms with Gasteiger partial charge in [-0.3, -0.25) is 0 Å². The quantitative estimate of drug-likeness (QED) is 0.729. The van der Waals surface area contributed by atoms with E-state index in [1.54, 1.807) is 0 Å². The minimum Gasteiger partial charge on any atom is -0.380 e. The van der Waals surface area contributed by atoms with Crippen LogP contribution in [0.3, 0.4) is 0 Å². The minimum atomic E-state index is 0.448. The van der Waals surface area contributed by atoms with Gasteiger partial charge in [-0.25, -0.2) is 4.98 Å². The van der Waals surface area contributed by atoms with Crippen molar-refractivity contribution in [1.29, 1.82) is 0 Å². The first-order chi connectivity index (χ1) is 12.1. The van der Waals surface area contributed by atoms with E-state index >= 15 is 0 Å². The smallest absolute Gasteiger partial charge is 0.206 e. The van der Waals surface area contributed by atoms with E-state index in [-0.39, 0.29) is 0 Å². The molecule has 1 aliphatic carbocycles. The van der Waals surface area contributed by atoms with Crippen molar-refractivity contribution in [3.05, 3.63) is 20.6 Å². The van der Waals surface area contributed by atoms with E-state index < -0.39 is 0 Å². The standard InChI is InChI=1S/C18H22Br2N4O/c1-11-15(20)13(19)6-14-16(11)22-17(23-4-2-21-3-5-23)24(14)12-7-18(8-12)9-25-10-18/h6,12,21H,2-5,7-10H2,1H3. The van der Waals surface area contributed by atoms with Crippen molar-refractivity contribution in [1.82, 2.24) is 14.9 Å². The monoisotopic (exact) mass is 468 g/mol. The Morgan fingerprint density at radius 1 is 1.24 bits per heavy atom. The number of hydrogen-bond donors (Lipinski definition) is 1. The van der Waals surface area contributed by atoms with Crippen LogP contribution < -0.4 is 10.2 Å². The van der Waals surface area contributed by atoms with Gasteiger partial charge in [0.05, 0.1) is 24.2 Å². The van der Waals surface area contributed by atoms with E-state index in [1.165, 1.54) is 23.9 Å². The van der Waals surface area contributed by atoms with Crippen LogP contribution in [0.15, 0.2) is 15.0 Å². The molecule has 5 nitrogen and oxygen atoms in total. The van der Waals surface area contributed by atoms with Gasteiger partial charge in [-0.1, -0.05) is 0 Å². The molecule has 0 bridgehead atoms. The minimum absolute atomic E-state index is 0.448. The molecule has 1 aromatic carbocycles. The highest BCUT2D eigenvalue weighted by Gasteiger charge is 2.51. The molecule has 7 heteroatoms. The van der Waals surface area contributed by atoms with Crippen LogP contribution in [0, 0.1) is 12.3 Å². The SMILES string of the molecule is Cc1c(Br)c(Br)cc2c1nc(N1CCNCC1)n2C1CC2(COC2)C1. The van der Waals surface area contributed by atoms with E-state index in [9.17, 15) is 0 Å². The van der Waals surface area contributed by atoms with Gasteiger partial charge in [0.25, 0.3) is 0 Å².